The Morgan fingerprint density at radius 1 is 1.30 bits per heavy atom. The first-order valence-corrected chi connectivity index (χ1v) is 7.53. The molecule has 4 nitrogen and oxygen atoms in total. The van der Waals surface area contributed by atoms with Gasteiger partial charge in [-0.05, 0) is 37.5 Å². The van der Waals surface area contributed by atoms with Gasteiger partial charge < -0.3 is 10.2 Å². The zero-order valence-corrected chi connectivity index (χ0v) is 13.2. The van der Waals surface area contributed by atoms with Crippen molar-refractivity contribution in [3.63, 3.8) is 0 Å². The predicted molar refractivity (Wildman–Crippen MR) is 79.2 cm³/mol. The summed E-state index contributed by atoms with van der Waals surface area (Å²) in [6.45, 7) is 0.309. The van der Waals surface area contributed by atoms with Crippen LogP contribution in [0.1, 0.15) is 35.2 Å². The number of rotatable bonds is 2. The number of nitrogens with zero attached hydrogens (tertiary/aromatic N) is 1. The Balaban J connectivity index is 2.36. The highest BCUT2D eigenvalue weighted by Gasteiger charge is 2.35. The van der Waals surface area contributed by atoms with E-state index in [4.69, 9.17) is 11.6 Å². The highest BCUT2D eigenvalue weighted by Crippen LogP contribution is 2.33. The molecule has 1 aliphatic rings. The minimum Gasteiger partial charge on any atom is -0.357 e. The van der Waals surface area contributed by atoms with Crippen LogP contribution in [0.5, 0.6) is 0 Å². The Hall–Kier alpha value is -1.76. The Morgan fingerprint density at radius 2 is 2.00 bits per heavy atom. The van der Waals surface area contributed by atoms with Crippen LogP contribution in [0.3, 0.4) is 0 Å². The van der Waals surface area contributed by atoms with Crippen molar-refractivity contribution < 1.29 is 22.8 Å². The van der Waals surface area contributed by atoms with Gasteiger partial charge in [0, 0.05) is 13.6 Å². The van der Waals surface area contributed by atoms with Crippen LogP contribution in [-0.4, -0.2) is 36.3 Å². The molecule has 1 fully saturated rings. The predicted octanol–water partition coefficient (Wildman–Crippen LogP) is 3.10. The van der Waals surface area contributed by atoms with Gasteiger partial charge in [-0.15, -0.1) is 0 Å². The molecule has 2 rings (SSSR count). The number of nitrogens with one attached hydrogen (secondary N) is 1. The van der Waals surface area contributed by atoms with E-state index in [0.717, 1.165) is 24.6 Å². The lowest BCUT2D eigenvalue weighted by Gasteiger charge is -2.34. The Morgan fingerprint density at radius 3 is 2.61 bits per heavy atom. The smallest absolute Gasteiger partial charge is 0.357 e. The third kappa shape index (κ3) is 3.77. The van der Waals surface area contributed by atoms with E-state index in [1.54, 1.807) is 0 Å². The second-order valence-corrected chi connectivity index (χ2v) is 5.72. The summed E-state index contributed by atoms with van der Waals surface area (Å²) < 4.78 is 38.5. The van der Waals surface area contributed by atoms with E-state index in [1.807, 2.05) is 0 Å². The average Bonchev–Trinajstić information content (AvgIpc) is 2.52. The molecular formula is C15H16ClF3N2O2. The second-order valence-electron chi connectivity index (χ2n) is 5.32. The second kappa shape index (κ2) is 6.78. The summed E-state index contributed by atoms with van der Waals surface area (Å²) in [4.78, 5) is 25.8. The molecule has 0 bridgehead atoms. The van der Waals surface area contributed by atoms with Crippen LogP contribution in [0.2, 0.25) is 5.02 Å². The van der Waals surface area contributed by atoms with Gasteiger partial charge in [-0.25, -0.2) is 0 Å². The van der Waals surface area contributed by atoms with Crippen LogP contribution in [-0.2, 0) is 11.0 Å². The fourth-order valence-electron chi connectivity index (χ4n) is 2.63. The lowest BCUT2D eigenvalue weighted by atomic mass is 9.99. The first-order valence-electron chi connectivity index (χ1n) is 7.15. The Bertz CT molecular complexity index is 619. The molecule has 0 spiro atoms. The highest BCUT2D eigenvalue weighted by atomic mass is 35.5. The molecule has 0 aromatic heterocycles. The van der Waals surface area contributed by atoms with Crippen molar-refractivity contribution in [1.82, 2.24) is 10.2 Å². The molecule has 1 heterocycles. The van der Waals surface area contributed by atoms with E-state index in [-0.39, 0.29) is 16.5 Å². The van der Waals surface area contributed by atoms with Crippen molar-refractivity contribution in [1.29, 1.82) is 0 Å². The summed E-state index contributed by atoms with van der Waals surface area (Å²) >= 11 is 5.91. The zero-order chi connectivity index (χ0) is 17.2. The third-order valence-corrected chi connectivity index (χ3v) is 4.17. The van der Waals surface area contributed by atoms with Crippen LogP contribution in [0.25, 0.3) is 0 Å². The SMILES string of the molecule is CNC(=O)C1CCCCN1C(=O)c1cc(C(F)(F)F)ccc1Cl. The van der Waals surface area contributed by atoms with Gasteiger partial charge >= 0.3 is 6.18 Å². The number of carbonyl (C=O) groups excluding carboxylic acids is 2. The van der Waals surface area contributed by atoms with Crippen molar-refractivity contribution in [2.24, 2.45) is 0 Å². The topological polar surface area (TPSA) is 49.4 Å². The molecule has 0 aliphatic carbocycles. The summed E-state index contributed by atoms with van der Waals surface area (Å²) in [6, 6.07) is 1.93. The Labute approximate surface area is 136 Å². The molecule has 1 aliphatic heterocycles. The van der Waals surface area contributed by atoms with Crippen molar-refractivity contribution in [2.45, 2.75) is 31.5 Å². The highest BCUT2D eigenvalue weighted by molar-refractivity contribution is 6.33. The fourth-order valence-corrected chi connectivity index (χ4v) is 2.83. The summed E-state index contributed by atoms with van der Waals surface area (Å²) in [6.07, 6.45) is -2.63. The molecule has 1 N–H and O–H groups in total. The molecule has 23 heavy (non-hydrogen) atoms. The van der Waals surface area contributed by atoms with Gasteiger partial charge in [0.25, 0.3) is 5.91 Å². The van der Waals surface area contributed by atoms with E-state index >= 15 is 0 Å². The number of halogens is 4. The third-order valence-electron chi connectivity index (χ3n) is 3.84. The van der Waals surface area contributed by atoms with Crippen LogP contribution >= 0.6 is 11.6 Å². The van der Waals surface area contributed by atoms with Gasteiger partial charge in [0.05, 0.1) is 16.1 Å². The maximum absolute atomic E-state index is 12.8. The van der Waals surface area contributed by atoms with Gasteiger partial charge in [0.1, 0.15) is 6.04 Å². The summed E-state index contributed by atoms with van der Waals surface area (Å²) in [7, 11) is 1.46. The molecule has 126 valence electrons. The maximum atomic E-state index is 12.8. The van der Waals surface area contributed by atoms with Crippen molar-refractivity contribution in [3.05, 3.63) is 34.3 Å². The van der Waals surface area contributed by atoms with Gasteiger partial charge in [0.15, 0.2) is 0 Å². The largest absolute Gasteiger partial charge is 0.416 e. The summed E-state index contributed by atoms with van der Waals surface area (Å²) in [5.74, 6) is -0.990. The van der Waals surface area contributed by atoms with E-state index in [9.17, 15) is 22.8 Å². The normalized spacial score (nSPS) is 18.7. The first-order chi connectivity index (χ1) is 10.8. The number of hydrogen-bond donors (Lipinski definition) is 1. The number of carbonyl (C=O) groups is 2. The molecular weight excluding hydrogens is 333 g/mol. The molecule has 1 aromatic rings. The maximum Gasteiger partial charge on any atom is 0.416 e. The Kier molecular flexibility index (Phi) is 5.19. The molecule has 1 saturated heterocycles. The van der Waals surface area contributed by atoms with Gasteiger partial charge in [0.2, 0.25) is 5.91 Å². The van der Waals surface area contributed by atoms with Crippen LogP contribution in [0.4, 0.5) is 13.2 Å². The minimum atomic E-state index is -4.57. The van der Waals surface area contributed by atoms with E-state index < -0.39 is 23.7 Å². The standard InChI is InChI=1S/C15H16ClF3N2O2/c1-20-13(22)12-4-2-3-7-21(12)14(23)10-8-9(15(17,18)19)5-6-11(10)16/h5-6,8,12H,2-4,7H2,1H3,(H,20,22). The summed E-state index contributed by atoms with van der Waals surface area (Å²) in [5, 5.41) is 2.41. The van der Waals surface area contributed by atoms with Crippen molar-refractivity contribution in [2.75, 3.05) is 13.6 Å². The monoisotopic (exact) mass is 348 g/mol. The van der Waals surface area contributed by atoms with E-state index in [2.05, 4.69) is 5.32 Å². The van der Waals surface area contributed by atoms with E-state index in [1.165, 1.54) is 11.9 Å². The van der Waals surface area contributed by atoms with Crippen LogP contribution in [0.15, 0.2) is 18.2 Å². The molecule has 1 atom stereocenters. The number of piperidine rings is 1. The minimum absolute atomic E-state index is 0.0655. The van der Waals surface area contributed by atoms with Gasteiger partial charge in [-0.3, -0.25) is 9.59 Å². The number of amides is 2. The van der Waals surface area contributed by atoms with Gasteiger partial charge in [-0.2, -0.15) is 13.2 Å². The van der Waals surface area contributed by atoms with Crippen molar-refractivity contribution >= 4 is 23.4 Å². The number of benzene rings is 1. The number of likely N-dealkylation sites (N-methyl/N-ethyl adjacent to an activating group) is 1. The zero-order valence-electron chi connectivity index (χ0n) is 12.4. The quantitative estimate of drug-likeness (QED) is 0.892. The first kappa shape index (κ1) is 17.6. The molecule has 8 heteroatoms. The average molecular weight is 349 g/mol. The molecule has 0 radical (unpaired) electrons. The molecule has 0 saturated carbocycles. The lowest BCUT2D eigenvalue weighted by Crippen LogP contribution is -2.51. The number of likely N-dealkylation sites (tertiary alicyclic amines) is 1. The lowest BCUT2D eigenvalue weighted by molar-refractivity contribution is -0.137. The van der Waals surface area contributed by atoms with Crippen LogP contribution < -0.4 is 5.32 Å². The molecule has 1 aromatic carbocycles. The molecule has 1 unspecified atom stereocenters. The fraction of sp³-hybridized carbons (Fsp3) is 0.467. The van der Waals surface area contributed by atoms with E-state index in [0.29, 0.717) is 19.4 Å². The van der Waals surface area contributed by atoms with Crippen LogP contribution in [0, 0.1) is 0 Å². The van der Waals surface area contributed by atoms with Gasteiger partial charge in [-0.1, -0.05) is 11.6 Å². The number of alkyl halides is 3. The van der Waals surface area contributed by atoms with Crippen molar-refractivity contribution in [3.8, 4) is 0 Å². The summed E-state index contributed by atoms with van der Waals surface area (Å²) in [5.41, 5.74) is -1.18. The molecule has 2 amide bonds. The number of hydrogen-bond acceptors (Lipinski definition) is 2.